The van der Waals surface area contributed by atoms with Crippen LogP contribution in [0, 0.1) is 25.2 Å². The van der Waals surface area contributed by atoms with Gasteiger partial charge >= 0.3 is 0 Å². The third kappa shape index (κ3) is 3.94. The third-order valence-corrected chi connectivity index (χ3v) is 3.88. The lowest BCUT2D eigenvalue weighted by molar-refractivity contribution is 0.296. The lowest BCUT2D eigenvalue weighted by atomic mass is 10.1. The number of anilines is 1. The molecule has 0 radical (unpaired) electrons. The van der Waals surface area contributed by atoms with Gasteiger partial charge in [-0.05, 0) is 51.4 Å². The molecule has 1 N–H and O–H groups in total. The highest BCUT2D eigenvalue weighted by Gasteiger charge is 2.10. The van der Waals surface area contributed by atoms with E-state index in [1.54, 1.807) is 0 Å². The molecule has 1 aliphatic heterocycles. The number of rotatable bonds is 4. The molecule has 1 aromatic heterocycles. The number of nitriles is 1. The molecule has 2 rings (SSSR count). The Balaban J connectivity index is 1.92. The molecule has 1 aromatic rings. The van der Waals surface area contributed by atoms with Gasteiger partial charge in [-0.3, -0.25) is 0 Å². The van der Waals surface area contributed by atoms with Crippen molar-refractivity contribution >= 4 is 5.82 Å². The summed E-state index contributed by atoms with van der Waals surface area (Å²) in [5, 5.41) is 12.6. The fraction of sp³-hybridized carbons (Fsp3) is 0.625. The van der Waals surface area contributed by atoms with E-state index in [1.165, 1.54) is 38.8 Å². The number of pyridine rings is 1. The zero-order valence-corrected chi connectivity index (χ0v) is 12.6. The van der Waals surface area contributed by atoms with E-state index in [9.17, 15) is 5.26 Å². The first-order valence-corrected chi connectivity index (χ1v) is 7.55. The van der Waals surface area contributed by atoms with Gasteiger partial charge in [0.25, 0.3) is 0 Å². The van der Waals surface area contributed by atoms with Crippen molar-refractivity contribution in [2.45, 2.75) is 39.5 Å². The summed E-state index contributed by atoms with van der Waals surface area (Å²) in [6.07, 6.45) is 5.35. The van der Waals surface area contributed by atoms with Crippen LogP contribution in [0.1, 0.15) is 42.5 Å². The quantitative estimate of drug-likeness (QED) is 0.915. The summed E-state index contributed by atoms with van der Waals surface area (Å²) in [5.41, 5.74) is 2.63. The van der Waals surface area contributed by atoms with Crippen molar-refractivity contribution in [3.05, 3.63) is 22.9 Å². The molecular weight excluding hydrogens is 248 g/mol. The van der Waals surface area contributed by atoms with Crippen molar-refractivity contribution < 1.29 is 0 Å². The Morgan fingerprint density at radius 1 is 1.25 bits per heavy atom. The molecule has 20 heavy (non-hydrogen) atoms. The van der Waals surface area contributed by atoms with Crippen molar-refractivity contribution in [2.24, 2.45) is 0 Å². The Morgan fingerprint density at radius 3 is 2.60 bits per heavy atom. The highest BCUT2D eigenvalue weighted by atomic mass is 15.1. The van der Waals surface area contributed by atoms with Gasteiger partial charge in [-0.15, -0.1) is 0 Å². The molecule has 1 saturated heterocycles. The van der Waals surface area contributed by atoms with Crippen LogP contribution < -0.4 is 5.32 Å². The third-order valence-electron chi connectivity index (χ3n) is 3.88. The van der Waals surface area contributed by atoms with E-state index in [1.807, 2.05) is 19.9 Å². The minimum Gasteiger partial charge on any atom is -0.368 e. The largest absolute Gasteiger partial charge is 0.368 e. The molecule has 0 unspecified atom stereocenters. The van der Waals surface area contributed by atoms with Gasteiger partial charge in [-0.25, -0.2) is 4.98 Å². The Labute approximate surface area is 121 Å². The average Bonchev–Trinajstić information content (AvgIpc) is 2.67. The average molecular weight is 272 g/mol. The van der Waals surface area contributed by atoms with E-state index in [0.717, 1.165) is 30.2 Å². The van der Waals surface area contributed by atoms with E-state index < -0.39 is 0 Å². The molecule has 0 aliphatic carbocycles. The van der Waals surface area contributed by atoms with Crippen LogP contribution >= 0.6 is 0 Å². The van der Waals surface area contributed by atoms with E-state index >= 15 is 0 Å². The molecule has 2 heterocycles. The molecule has 0 saturated carbocycles. The van der Waals surface area contributed by atoms with Crippen molar-refractivity contribution in [1.82, 2.24) is 9.88 Å². The number of aryl methyl sites for hydroxylation is 2. The first kappa shape index (κ1) is 14.8. The maximum Gasteiger partial charge on any atom is 0.144 e. The Bertz CT molecular complexity index is 482. The standard InChI is InChI=1S/C16H24N4/c1-13-11-14(2)19-16(15(13)12-17)18-7-10-20-8-5-3-4-6-9-20/h11H,3-10H2,1-2H3,(H,18,19). The molecule has 0 amide bonds. The van der Waals surface area contributed by atoms with Gasteiger partial charge in [-0.1, -0.05) is 12.8 Å². The van der Waals surface area contributed by atoms with Crippen LogP contribution in [0.25, 0.3) is 0 Å². The highest BCUT2D eigenvalue weighted by Crippen LogP contribution is 2.17. The number of hydrogen-bond acceptors (Lipinski definition) is 4. The van der Waals surface area contributed by atoms with Gasteiger partial charge in [0.15, 0.2) is 0 Å². The lowest BCUT2D eigenvalue weighted by Crippen LogP contribution is -2.30. The SMILES string of the molecule is Cc1cc(C)c(C#N)c(NCCN2CCCCCC2)n1. The van der Waals surface area contributed by atoms with E-state index in [-0.39, 0.29) is 0 Å². The maximum atomic E-state index is 9.23. The zero-order valence-electron chi connectivity index (χ0n) is 12.6. The van der Waals surface area contributed by atoms with Gasteiger partial charge in [0.1, 0.15) is 11.9 Å². The number of likely N-dealkylation sites (tertiary alicyclic amines) is 1. The Kier molecular flexibility index (Phi) is 5.37. The minimum absolute atomic E-state index is 0.673. The topological polar surface area (TPSA) is 52.0 Å². The fourth-order valence-electron chi connectivity index (χ4n) is 2.80. The highest BCUT2D eigenvalue weighted by molar-refractivity contribution is 5.56. The predicted molar refractivity (Wildman–Crippen MR) is 81.8 cm³/mol. The molecule has 1 aliphatic rings. The molecule has 0 spiro atoms. The van der Waals surface area contributed by atoms with Crippen LogP contribution in [-0.4, -0.2) is 36.1 Å². The van der Waals surface area contributed by atoms with Crippen LogP contribution in [0.15, 0.2) is 6.07 Å². The molecular formula is C16H24N4. The second-order valence-electron chi connectivity index (χ2n) is 5.60. The first-order valence-electron chi connectivity index (χ1n) is 7.55. The van der Waals surface area contributed by atoms with Crippen LogP contribution in [0.4, 0.5) is 5.82 Å². The summed E-state index contributed by atoms with van der Waals surface area (Å²) < 4.78 is 0. The molecule has 1 fully saturated rings. The van der Waals surface area contributed by atoms with Gasteiger partial charge < -0.3 is 10.2 Å². The van der Waals surface area contributed by atoms with Gasteiger partial charge in [-0.2, -0.15) is 5.26 Å². The van der Waals surface area contributed by atoms with E-state index in [0.29, 0.717) is 5.56 Å². The summed E-state index contributed by atoms with van der Waals surface area (Å²) in [6.45, 7) is 8.21. The number of nitrogens with one attached hydrogen (secondary N) is 1. The van der Waals surface area contributed by atoms with Crippen LogP contribution in [0.2, 0.25) is 0 Å². The molecule has 108 valence electrons. The minimum atomic E-state index is 0.673. The summed E-state index contributed by atoms with van der Waals surface area (Å²) >= 11 is 0. The van der Waals surface area contributed by atoms with Gasteiger partial charge in [0.2, 0.25) is 0 Å². The summed E-state index contributed by atoms with van der Waals surface area (Å²) in [4.78, 5) is 6.96. The van der Waals surface area contributed by atoms with Crippen LogP contribution in [0.5, 0.6) is 0 Å². The van der Waals surface area contributed by atoms with E-state index in [2.05, 4.69) is 21.3 Å². The lowest BCUT2D eigenvalue weighted by Gasteiger charge is -2.20. The second kappa shape index (κ2) is 7.25. The Morgan fingerprint density at radius 2 is 1.95 bits per heavy atom. The van der Waals surface area contributed by atoms with Crippen molar-refractivity contribution in [2.75, 3.05) is 31.5 Å². The molecule has 0 bridgehead atoms. The zero-order chi connectivity index (χ0) is 14.4. The second-order valence-corrected chi connectivity index (χ2v) is 5.60. The van der Waals surface area contributed by atoms with Gasteiger partial charge in [0.05, 0.1) is 5.56 Å². The predicted octanol–water partition coefficient (Wildman–Crippen LogP) is 2.86. The van der Waals surface area contributed by atoms with Crippen LogP contribution in [-0.2, 0) is 0 Å². The molecule has 0 aromatic carbocycles. The normalized spacial score (nSPS) is 16.4. The van der Waals surface area contributed by atoms with Crippen molar-refractivity contribution in [3.63, 3.8) is 0 Å². The summed E-state index contributed by atoms with van der Waals surface area (Å²) in [5.74, 6) is 0.736. The summed E-state index contributed by atoms with van der Waals surface area (Å²) in [6, 6.07) is 4.21. The number of aromatic nitrogens is 1. The summed E-state index contributed by atoms with van der Waals surface area (Å²) in [7, 11) is 0. The molecule has 4 heteroatoms. The number of nitrogens with zero attached hydrogens (tertiary/aromatic N) is 3. The monoisotopic (exact) mass is 272 g/mol. The number of hydrogen-bond donors (Lipinski definition) is 1. The fourth-order valence-corrected chi connectivity index (χ4v) is 2.80. The maximum absolute atomic E-state index is 9.23. The smallest absolute Gasteiger partial charge is 0.144 e. The first-order chi connectivity index (χ1) is 9.70. The molecule has 0 atom stereocenters. The Hall–Kier alpha value is -1.60. The van der Waals surface area contributed by atoms with Gasteiger partial charge in [0, 0.05) is 18.8 Å². The molecule has 4 nitrogen and oxygen atoms in total. The van der Waals surface area contributed by atoms with E-state index in [4.69, 9.17) is 0 Å². The van der Waals surface area contributed by atoms with Crippen LogP contribution in [0.3, 0.4) is 0 Å². The van der Waals surface area contributed by atoms with Crippen molar-refractivity contribution in [1.29, 1.82) is 5.26 Å². The van der Waals surface area contributed by atoms with Crippen molar-refractivity contribution in [3.8, 4) is 6.07 Å².